The highest BCUT2D eigenvalue weighted by molar-refractivity contribution is 7.07. The van der Waals surface area contributed by atoms with E-state index in [9.17, 15) is 0 Å². The van der Waals surface area contributed by atoms with Crippen LogP contribution in [0.3, 0.4) is 0 Å². The van der Waals surface area contributed by atoms with E-state index in [1.165, 1.54) is 24.8 Å². The van der Waals surface area contributed by atoms with Gasteiger partial charge >= 0.3 is 0 Å². The van der Waals surface area contributed by atoms with Gasteiger partial charge in [-0.15, -0.1) is 0 Å². The van der Waals surface area contributed by atoms with E-state index in [1.807, 2.05) is 0 Å². The first-order chi connectivity index (χ1) is 6.74. The molecule has 1 aromatic rings. The average Bonchev–Trinajstić information content (AvgIpc) is 2.64. The highest BCUT2D eigenvalue weighted by atomic mass is 32.1. The average molecular weight is 211 g/mol. The lowest BCUT2D eigenvalue weighted by atomic mass is 10.00. The van der Waals surface area contributed by atoms with Crippen molar-refractivity contribution in [1.82, 2.24) is 5.32 Å². The highest BCUT2D eigenvalue weighted by Gasteiger charge is 2.08. The van der Waals surface area contributed by atoms with Crippen molar-refractivity contribution in [1.29, 1.82) is 0 Å². The first kappa shape index (κ1) is 11.7. The van der Waals surface area contributed by atoms with Gasteiger partial charge in [-0.05, 0) is 41.8 Å². The molecule has 0 aromatic carbocycles. The zero-order valence-electron chi connectivity index (χ0n) is 9.42. The van der Waals surface area contributed by atoms with Crippen molar-refractivity contribution in [3.63, 3.8) is 0 Å². The summed E-state index contributed by atoms with van der Waals surface area (Å²) in [6.45, 7) is 4.58. The van der Waals surface area contributed by atoms with Crippen molar-refractivity contribution in [2.45, 2.75) is 39.2 Å². The van der Waals surface area contributed by atoms with Crippen LogP contribution >= 0.6 is 11.3 Å². The van der Waals surface area contributed by atoms with Gasteiger partial charge in [-0.25, -0.2) is 0 Å². The normalized spacial score (nSPS) is 13.4. The Bertz CT molecular complexity index is 228. The maximum atomic E-state index is 3.38. The lowest BCUT2D eigenvalue weighted by molar-refractivity contribution is 0.471. The minimum Gasteiger partial charge on any atom is -0.313 e. The van der Waals surface area contributed by atoms with Crippen LogP contribution in [-0.2, 0) is 0 Å². The second-order valence-corrected chi connectivity index (χ2v) is 5.00. The maximum absolute atomic E-state index is 3.38. The number of nitrogens with one attached hydrogen (secondary N) is 1. The molecule has 14 heavy (non-hydrogen) atoms. The third-order valence-electron chi connectivity index (χ3n) is 2.57. The van der Waals surface area contributed by atoms with Gasteiger partial charge in [-0.2, -0.15) is 11.3 Å². The first-order valence-electron chi connectivity index (χ1n) is 5.43. The minimum absolute atomic E-state index is 0.556. The summed E-state index contributed by atoms with van der Waals surface area (Å²) in [7, 11) is 2.05. The zero-order chi connectivity index (χ0) is 10.4. The molecule has 0 saturated heterocycles. The fraction of sp³-hybridized carbons (Fsp3) is 0.667. The molecule has 0 amide bonds. The van der Waals surface area contributed by atoms with Crippen LogP contribution in [0.1, 0.15) is 44.7 Å². The van der Waals surface area contributed by atoms with E-state index in [4.69, 9.17) is 0 Å². The Morgan fingerprint density at radius 3 is 2.64 bits per heavy atom. The van der Waals surface area contributed by atoms with E-state index in [0.717, 1.165) is 5.92 Å². The highest BCUT2D eigenvalue weighted by Crippen LogP contribution is 2.22. The summed E-state index contributed by atoms with van der Waals surface area (Å²) in [5.41, 5.74) is 1.45. The van der Waals surface area contributed by atoms with E-state index in [-0.39, 0.29) is 0 Å². The lowest BCUT2D eigenvalue weighted by Gasteiger charge is -2.15. The molecular weight excluding hydrogens is 190 g/mol. The molecular formula is C12H21NS. The topological polar surface area (TPSA) is 12.0 Å². The van der Waals surface area contributed by atoms with Gasteiger partial charge in [0.05, 0.1) is 0 Å². The predicted molar refractivity (Wildman–Crippen MR) is 64.8 cm³/mol. The lowest BCUT2D eigenvalue weighted by Crippen LogP contribution is -2.15. The van der Waals surface area contributed by atoms with Gasteiger partial charge < -0.3 is 5.32 Å². The van der Waals surface area contributed by atoms with Crippen LogP contribution in [0.2, 0.25) is 0 Å². The third-order valence-corrected chi connectivity index (χ3v) is 3.27. The summed E-state index contributed by atoms with van der Waals surface area (Å²) in [4.78, 5) is 0. The molecule has 1 heterocycles. The number of rotatable bonds is 6. The van der Waals surface area contributed by atoms with Gasteiger partial charge in [0.1, 0.15) is 0 Å². The summed E-state index contributed by atoms with van der Waals surface area (Å²) in [5, 5.41) is 7.79. The number of hydrogen-bond donors (Lipinski definition) is 1. The van der Waals surface area contributed by atoms with Crippen LogP contribution in [0.15, 0.2) is 16.8 Å². The van der Waals surface area contributed by atoms with Crippen LogP contribution in [0.5, 0.6) is 0 Å². The molecule has 1 rings (SSSR count). The quantitative estimate of drug-likeness (QED) is 0.754. The van der Waals surface area contributed by atoms with Crippen LogP contribution in [0.4, 0.5) is 0 Å². The fourth-order valence-corrected chi connectivity index (χ4v) is 2.40. The molecule has 0 spiro atoms. The van der Waals surface area contributed by atoms with E-state index in [0.29, 0.717) is 6.04 Å². The molecule has 0 aliphatic rings. The van der Waals surface area contributed by atoms with E-state index >= 15 is 0 Å². The van der Waals surface area contributed by atoms with Crippen LogP contribution in [0.25, 0.3) is 0 Å². The number of thiophene rings is 1. The van der Waals surface area contributed by atoms with Gasteiger partial charge in [-0.3, -0.25) is 0 Å². The van der Waals surface area contributed by atoms with E-state index in [2.05, 4.69) is 43.0 Å². The van der Waals surface area contributed by atoms with Crippen molar-refractivity contribution in [2.24, 2.45) is 5.92 Å². The fourth-order valence-electron chi connectivity index (χ4n) is 1.68. The Balaban J connectivity index is 2.33. The van der Waals surface area contributed by atoms with Gasteiger partial charge in [0.15, 0.2) is 0 Å². The van der Waals surface area contributed by atoms with Crippen LogP contribution < -0.4 is 5.32 Å². The Morgan fingerprint density at radius 1 is 1.36 bits per heavy atom. The maximum Gasteiger partial charge on any atom is 0.0325 e. The first-order valence-corrected chi connectivity index (χ1v) is 6.37. The Labute approximate surface area is 91.5 Å². The molecule has 1 atom stereocenters. The van der Waals surface area contributed by atoms with Crippen molar-refractivity contribution < 1.29 is 0 Å². The summed E-state index contributed by atoms with van der Waals surface area (Å²) >= 11 is 1.78. The molecule has 0 aliphatic heterocycles. The predicted octanol–water partition coefficient (Wildman–Crippen LogP) is 3.83. The van der Waals surface area contributed by atoms with Gasteiger partial charge in [0.2, 0.25) is 0 Å². The van der Waals surface area contributed by atoms with Gasteiger partial charge in [0, 0.05) is 6.04 Å². The Hall–Kier alpha value is -0.340. The van der Waals surface area contributed by atoms with Crippen molar-refractivity contribution in [3.05, 3.63) is 22.4 Å². The molecule has 1 unspecified atom stereocenters. The van der Waals surface area contributed by atoms with Crippen molar-refractivity contribution in [3.8, 4) is 0 Å². The second-order valence-electron chi connectivity index (χ2n) is 4.22. The molecule has 0 radical (unpaired) electrons. The molecule has 0 bridgehead atoms. The molecule has 2 heteroatoms. The molecule has 80 valence electrons. The van der Waals surface area contributed by atoms with Crippen molar-refractivity contribution in [2.75, 3.05) is 7.05 Å². The summed E-state index contributed by atoms with van der Waals surface area (Å²) < 4.78 is 0. The smallest absolute Gasteiger partial charge is 0.0325 e. The van der Waals surface area contributed by atoms with Gasteiger partial charge in [0.25, 0.3) is 0 Å². The molecule has 0 saturated carbocycles. The third kappa shape index (κ3) is 3.81. The molecule has 1 aromatic heterocycles. The largest absolute Gasteiger partial charge is 0.313 e. The number of hydrogen-bond acceptors (Lipinski definition) is 2. The standard InChI is InChI=1S/C12H21NS/c1-10(2)5-4-6-12(13-3)11-7-8-14-9-11/h7-10,12-13H,4-6H2,1-3H3. The zero-order valence-corrected chi connectivity index (χ0v) is 10.2. The van der Waals surface area contributed by atoms with E-state index < -0.39 is 0 Å². The van der Waals surface area contributed by atoms with Crippen molar-refractivity contribution >= 4 is 11.3 Å². The molecule has 1 nitrogen and oxygen atoms in total. The minimum atomic E-state index is 0.556. The SMILES string of the molecule is CNC(CCCC(C)C)c1ccsc1. The van der Waals surface area contributed by atoms with Gasteiger partial charge in [-0.1, -0.05) is 26.7 Å². The Kier molecular flexibility index (Phi) is 5.20. The summed E-state index contributed by atoms with van der Waals surface area (Å²) in [6, 6.07) is 2.78. The molecule has 0 fully saturated rings. The monoisotopic (exact) mass is 211 g/mol. The Morgan fingerprint density at radius 2 is 2.14 bits per heavy atom. The van der Waals surface area contributed by atoms with Crippen LogP contribution in [-0.4, -0.2) is 7.05 Å². The van der Waals surface area contributed by atoms with E-state index in [1.54, 1.807) is 11.3 Å². The summed E-state index contributed by atoms with van der Waals surface area (Å²) in [6.07, 6.45) is 3.91. The molecule has 1 N–H and O–H groups in total. The second kappa shape index (κ2) is 6.20. The summed E-state index contributed by atoms with van der Waals surface area (Å²) in [5.74, 6) is 0.829. The van der Waals surface area contributed by atoms with Crippen LogP contribution in [0, 0.1) is 5.92 Å². The molecule has 0 aliphatic carbocycles.